The molecule has 0 aliphatic rings. The average Bonchev–Trinajstić information content (AvgIpc) is 3.36. The smallest absolute Gasteiger partial charge is 0.306 e. The molecule has 0 N–H and O–H groups in total. The molecule has 0 fully saturated rings. The summed E-state index contributed by atoms with van der Waals surface area (Å²) in [7, 11) is 0. The van der Waals surface area contributed by atoms with Gasteiger partial charge in [-0.1, -0.05) is 273 Å². The molecule has 1 atom stereocenters. The Morgan fingerprint density at radius 1 is 0.329 bits per heavy atom. The van der Waals surface area contributed by atoms with Crippen molar-refractivity contribution < 1.29 is 23.8 Å². The number of carbonyl (C=O) groups is 2. The standard InChI is InChI=1S/C65H114O5/c1-4-7-10-13-16-19-22-25-28-31-32-33-36-39-42-45-48-51-54-57-60-68-61-63(70-65(67)59-56-53-50-47-44-41-38-35-30-27-24-21-18-15-12-9-6-3)62-69-64(66)58-55-52-49-46-43-40-37-34-29-26-23-20-17-14-11-8-5-2/h7,10,16,19,25-26,28-29,32-33,39,42,48,51,63H,4-6,8-9,11-15,17-18,20-24,27,30-31,34-38,40-41,43-47,49-50,52-62H2,1-3H3/b10-7-,19-16-,28-25-,29-26-,33-32-,42-39-,51-48-. The first-order chi connectivity index (χ1) is 34.6. The summed E-state index contributed by atoms with van der Waals surface area (Å²) in [4.78, 5) is 25.6. The van der Waals surface area contributed by atoms with Crippen LogP contribution in [0.3, 0.4) is 0 Å². The number of carbonyl (C=O) groups excluding carboxylic acids is 2. The molecule has 0 spiro atoms. The van der Waals surface area contributed by atoms with E-state index < -0.39 is 6.10 Å². The summed E-state index contributed by atoms with van der Waals surface area (Å²) in [6.07, 6.45) is 80.5. The van der Waals surface area contributed by atoms with Gasteiger partial charge in [-0.2, -0.15) is 0 Å². The lowest BCUT2D eigenvalue weighted by Crippen LogP contribution is -2.30. The number of esters is 2. The van der Waals surface area contributed by atoms with Crippen molar-refractivity contribution in [2.75, 3.05) is 19.8 Å². The summed E-state index contributed by atoms with van der Waals surface area (Å²) in [6, 6.07) is 0. The highest BCUT2D eigenvalue weighted by atomic mass is 16.6. The van der Waals surface area contributed by atoms with E-state index in [1.165, 1.54) is 173 Å². The van der Waals surface area contributed by atoms with E-state index in [1.54, 1.807) is 0 Å². The Bertz CT molecular complexity index is 1290. The van der Waals surface area contributed by atoms with Crippen LogP contribution in [-0.4, -0.2) is 37.9 Å². The SMILES string of the molecule is CC/C=C\C/C=C\C/C=C\C/C=C\C/C=C\C/C=C\CCCOCC(COC(=O)CCCCCCCCC/C=C\CCCCCCCC)OC(=O)CCCCCCCCCCCCCCCCCCC. The third-order valence-electron chi connectivity index (χ3n) is 12.9. The van der Waals surface area contributed by atoms with Gasteiger partial charge in [0, 0.05) is 19.4 Å². The maximum atomic E-state index is 12.9. The zero-order valence-electron chi connectivity index (χ0n) is 46.5. The summed E-state index contributed by atoms with van der Waals surface area (Å²) in [5.74, 6) is -0.424. The van der Waals surface area contributed by atoms with E-state index in [0.717, 1.165) is 83.5 Å². The fraction of sp³-hybridized carbons (Fsp3) is 0.754. The van der Waals surface area contributed by atoms with E-state index in [2.05, 4.69) is 106 Å². The molecule has 0 heterocycles. The monoisotopic (exact) mass is 975 g/mol. The molecule has 5 nitrogen and oxygen atoms in total. The van der Waals surface area contributed by atoms with Gasteiger partial charge in [0.2, 0.25) is 0 Å². The van der Waals surface area contributed by atoms with Crippen LogP contribution in [0.15, 0.2) is 85.1 Å². The van der Waals surface area contributed by atoms with Crippen LogP contribution in [0, 0.1) is 0 Å². The van der Waals surface area contributed by atoms with Gasteiger partial charge in [-0.15, -0.1) is 0 Å². The minimum Gasteiger partial charge on any atom is -0.462 e. The van der Waals surface area contributed by atoms with Crippen LogP contribution in [0.5, 0.6) is 0 Å². The molecule has 0 aromatic heterocycles. The van der Waals surface area contributed by atoms with Gasteiger partial charge in [0.15, 0.2) is 6.10 Å². The van der Waals surface area contributed by atoms with E-state index in [-0.39, 0.29) is 25.2 Å². The lowest BCUT2D eigenvalue weighted by molar-refractivity contribution is -0.163. The third kappa shape index (κ3) is 57.7. The second-order valence-corrected chi connectivity index (χ2v) is 19.9. The zero-order valence-corrected chi connectivity index (χ0v) is 46.5. The molecule has 5 heteroatoms. The molecule has 1 unspecified atom stereocenters. The first kappa shape index (κ1) is 67.1. The molecular formula is C65H114O5. The molecule has 404 valence electrons. The van der Waals surface area contributed by atoms with Crippen LogP contribution < -0.4 is 0 Å². The fourth-order valence-electron chi connectivity index (χ4n) is 8.46. The lowest BCUT2D eigenvalue weighted by Gasteiger charge is -2.18. The Morgan fingerprint density at radius 2 is 0.643 bits per heavy atom. The Hall–Kier alpha value is -2.92. The topological polar surface area (TPSA) is 61.8 Å². The molecule has 70 heavy (non-hydrogen) atoms. The molecule has 0 radical (unpaired) electrons. The molecular weight excluding hydrogens is 861 g/mol. The minimum absolute atomic E-state index is 0.0597. The predicted molar refractivity (Wildman–Crippen MR) is 307 cm³/mol. The largest absolute Gasteiger partial charge is 0.462 e. The van der Waals surface area contributed by atoms with Gasteiger partial charge in [0.1, 0.15) is 6.61 Å². The van der Waals surface area contributed by atoms with E-state index in [4.69, 9.17) is 14.2 Å². The lowest BCUT2D eigenvalue weighted by atomic mass is 10.0. The van der Waals surface area contributed by atoms with E-state index in [0.29, 0.717) is 19.4 Å². The van der Waals surface area contributed by atoms with Crippen molar-refractivity contribution in [3.8, 4) is 0 Å². The molecule has 0 rings (SSSR count). The quantitative estimate of drug-likeness (QED) is 0.0345. The van der Waals surface area contributed by atoms with Crippen molar-refractivity contribution in [1.29, 1.82) is 0 Å². The second-order valence-electron chi connectivity index (χ2n) is 19.9. The first-order valence-corrected chi connectivity index (χ1v) is 30.1. The number of hydrogen-bond donors (Lipinski definition) is 0. The Balaban J connectivity index is 4.37. The van der Waals surface area contributed by atoms with Crippen molar-refractivity contribution in [2.24, 2.45) is 0 Å². The van der Waals surface area contributed by atoms with Gasteiger partial charge in [-0.3, -0.25) is 9.59 Å². The number of allylic oxidation sites excluding steroid dienone is 14. The predicted octanol–water partition coefficient (Wildman–Crippen LogP) is 20.8. The molecule has 0 aliphatic heterocycles. The maximum Gasteiger partial charge on any atom is 0.306 e. The highest BCUT2D eigenvalue weighted by Gasteiger charge is 2.17. The summed E-state index contributed by atoms with van der Waals surface area (Å²) >= 11 is 0. The maximum absolute atomic E-state index is 12.9. The van der Waals surface area contributed by atoms with Crippen LogP contribution in [0.25, 0.3) is 0 Å². The minimum atomic E-state index is -0.571. The summed E-state index contributed by atoms with van der Waals surface area (Å²) in [6.45, 7) is 7.60. The highest BCUT2D eigenvalue weighted by Crippen LogP contribution is 2.16. The molecule has 0 amide bonds. The summed E-state index contributed by atoms with van der Waals surface area (Å²) in [5.41, 5.74) is 0. The third-order valence-corrected chi connectivity index (χ3v) is 12.9. The van der Waals surface area contributed by atoms with Crippen LogP contribution in [0.2, 0.25) is 0 Å². The number of hydrogen-bond acceptors (Lipinski definition) is 5. The van der Waals surface area contributed by atoms with Gasteiger partial charge in [-0.05, 0) is 89.9 Å². The van der Waals surface area contributed by atoms with Crippen LogP contribution in [0.1, 0.15) is 290 Å². The van der Waals surface area contributed by atoms with Gasteiger partial charge in [-0.25, -0.2) is 0 Å². The van der Waals surface area contributed by atoms with Gasteiger partial charge < -0.3 is 14.2 Å². The van der Waals surface area contributed by atoms with Crippen LogP contribution in [0.4, 0.5) is 0 Å². The first-order valence-electron chi connectivity index (χ1n) is 30.1. The van der Waals surface area contributed by atoms with Crippen molar-refractivity contribution in [3.63, 3.8) is 0 Å². The molecule has 0 saturated carbocycles. The number of unbranched alkanes of at least 4 members (excludes halogenated alkanes) is 30. The molecule has 0 bridgehead atoms. The average molecular weight is 976 g/mol. The highest BCUT2D eigenvalue weighted by molar-refractivity contribution is 5.70. The van der Waals surface area contributed by atoms with E-state index >= 15 is 0 Å². The summed E-state index contributed by atoms with van der Waals surface area (Å²) in [5, 5.41) is 0. The van der Waals surface area contributed by atoms with Crippen molar-refractivity contribution in [2.45, 2.75) is 297 Å². The fourth-order valence-corrected chi connectivity index (χ4v) is 8.46. The number of rotatable bonds is 55. The zero-order chi connectivity index (χ0) is 50.6. The number of ether oxygens (including phenoxy) is 3. The Labute approximate surface area is 435 Å². The van der Waals surface area contributed by atoms with Crippen molar-refractivity contribution in [3.05, 3.63) is 85.1 Å². The Kier molecular flexibility index (Phi) is 57.9. The van der Waals surface area contributed by atoms with Gasteiger partial charge in [0.25, 0.3) is 0 Å². The van der Waals surface area contributed by atoms with Gasteiger partial charge in [0.05, 0.1) is 6.61 Å². The molecule has 0 saturated heterocycles. The Morgan fingerprint density at radius 3 is 1.04 bits per heavy atom. The molecule has 0 aromatic rings. The van der Waals surface area contributed by atoms with E-state index in [1.807, 2.05) is 0 Å². The van der Waals surface area contributed by atoms with E-state index in [9.17, 15) is 9.59 Å². The molecule has 0 aromatic carbocycles. The second kappa shape index (κ2) is 60.4. The van der Waals surface area contributed by atoms with Gasteiger partial charge >= 0.3 is 11.9 Å². The molecule has 0 aliphatic carbocycles. The summed E-state index contributed by atoms with van der Waals surface area (Å²) < 4.78 is 17.4. The van der Waals surface area contributed by atoms with Crippen molar-refractivity contribution in [1.82, 2.24) is 0 Å². The van der Waals surface area contributed by atoms with Crippen molar-refractivity contribution >= 4 is 11.9 Å². The normalized spacial score (nSPS) is 12.8. The van der Waals surface area contributed by atoms with Crippen LogP contribution >= 0.6 is 0 Å². The van der Waals surface area contributed by atoms with Crippen LogP contribution in [-0.2, 0) is 23.8 Å².